The summed E-state index contributed by atoms with van der Waals surface area (Å²) in [7, 11) is 3.29. The average Bonchev–Trinajstić information content (AvgIpc) is 3.03. The number of aromatic nitrogens is 1. The molecule has 0 saturated carbocycles. The maximum atomic E-state index is 12.5. The van der Waals surface area contributed by atoms with Crippen molar-refractivity contribution < 1.29 is 14.3 Å². The molecule has 1 fully saturated rings. The average molecular weight is 351 g/mol. The van der Waals surface area contributed by atoms with Crippen LogP contribution in [0, 0.1) is 6.92 Å². The van der Waals surface area contributed by atoms with Gasteiger partial charge in [0.2, 0.25) is 11.8 Å². The van der Waals surface area contributed by atoms with E-state index in [2.05, 4.69) is 10.3 Å². The highest BCUT2D eigenvalue weighted by atomic mass is 32.1. The number of piperidine rings is 1. The number of thiazole rings is 1. The SMILES string of the molecule is CNC(=O)CCC1(OC)CCCN(C(=O)/C=C/c2csc(C)n2)C1. The van der Waals surface area contributed by atoms with E-state index in [1.54, 1.807) is 42.5 Å². The van der Waals surface area contributed by atoms with Gasteiger partial charge in [-0.15, -0.1) is 11.3 Å². The standard InChI is InChI=1S/C17H25N3O3S/c1-13-19-14(11-24-13)5-6-16(22)20-10-4-8-17(12-20,23-3)9-7-15(21)18-2/h5-6,11H,4,7-10,12H2,1-3H3,(H,18,21)/b6-5+. The zero-order chi connectivity index (χ0) is 17.6. The van der Waals surface area contributed by atoms with Crippen LogP contribution in [0.1, 0.15) is 36.4 Å². The van der Waals surface area contributed by atoms with Gasteiger partial charge >= 0.3 is 0 Å². The van der Waals surface area contributed by atoms with Crippen molar-refractivity contribution in [2.45, 2.75) is 38.2 Å². The largest absolute Gasteiger partial charge is 0.376 e. The third kappa shape index (κ3) is 4.88. The highest BCUT2D eigenvalue weighted by Gasteiger charge is 2.36. The van der Waals surface area contributed by atoms with Gasteiger partial charge in [-0.25, -0.2) is 4.98 Å². The summed E-state index contributed by atoms with van der Waals surface area (Å²) in [6.07, 6.45) is 6.07. The Morgan fingerprint density at radius 2 is 2.33 bits per heavy atom. The summed E-state index contributed by atoms with van der Waals surface area (Å²) in [6.45, 7) is 3.16. The molecule has 2 amide bonds. The number of aryl methyl sites for hydroxylation is 1. The number of rotatable bonds is 6. The fraction of sp³-hybridized carbons (Fsp3) is 0.588. The minimum absolute atomic E-state index is 0.00586. The molecule has 1 N–H and O–H groups in total. The molecule has 1 aliphatic rings. The molecule has 1 unspecified atom stereocenters. The molecular weight excluding hydrogens is 326 g/mol. The Morgan fingerprint density at radius 3 is 2.96 bits per heavy atom. The first-order chi connectivity index (χ1) is 11.5. The Balaban J connectivity index is 1.98. The van der Waals surface area contributed by atoms with Gasteiger partial charge in [-0.2, -0.15) is 0 Å². The molecule has 2 rings (SSSR count). The predicted molar refractivity (Wildman–Crippen MR) is 94.7 cm³/mol. The van der Waals surface area contributed by atoms with Crippen molar-refractivity contribution in [2.75, 3.05) is 27.2 Å². The number of hydrogen-bond donors (Lipinski definition) is 1. The molecule has 2 heterocycles. The first kappa shape index (κ1) is 18.6. The van der Waals surface area contributed by atoms with Gasteiger partial charge in [0.15, 0.2) is 0 Å². The Hall–Kier alpha value is -1.73. The van der Waals surface area contributed by atoms with Gasteiger partial charge in [0.05, 0.1) is 16.3 Å². The Bertz CT molecular complexity index is 614. The summed E-state index contributed by atoms with van der Waals surface area (Å²) in [6, 6.07) is 0. The molecule has 0 radical (unpaired) electrons. The molecule has 1 atom stereocenters. The van der Waals surface area contributed by atoms with Crippen LogP contribution in [0.15, 0.2) is 11.5 Å². The van der Waals surface area contributed by atoms with Crippen molar-refractivity contribution in [3.05, 3.63) is 22.2 Å². The summed E-state index contributed by atoms with van der Waals surface area (Å²) in [5.74, 6) is -0.0459. The van der Waals surface area contributed by atoms with Crippen LogP contribution in [0.3, 0.4) is 0 Å². The lowest BCUT2D eigenvalue weighted by atomic mass is 9.87. The normalized spacial score (nSPS) is 21.2. The second kappa shape index (κ2) is 8.39. The van der Waals surface area contributed by atoms with E-state index in [-0.39, 0.29) is 11.8 Å². The van der Waals surface area contributed by atoms with Gasteiger partial charge in [-0.3, -0.25) is 9.59 Å². The van der Waals surface area contributed by atoms with Crippen molar-refractivity contribution in [3.63, 3.8) is 0 Å². The van der Waals surface area contributed by atoms with E-state index < -0.39 is 5.60 Å². The van der Waals surface area contributed by atoms with Crippen LogP contribution in [0.4, 0.5) is 0 Å². The van der Waals surface area contributed by atoms with Gasteiger partial charge in [0.1, 0.15) is 0 Å². The Morgan fingerprint density at radius 1 is 1.54 bits per heavy atom. The number of likely N-dealkylation sites (tertiary alicyclic amines) is 1. The Kier molecular flexibility index (Phi) is 6.51. The first-order valence-corrected chi connectivity index (χ1v) is 9.01. The van der Waals surface area contributed by atoms with Crippen LogP contribution in [0.5, 0.6) is 0 Å². The van der Waals surface area contributed by atoms with Gasteiger partial charge in [0.25, 0.3) is 0 Å². The lowest BCUT2D eigenvalue weighted by Gasteiger charge is -2.41. The number of hydrogen-bond acceptors (Lipinski definition) is 5. The van der Waals surface area contributed by atoms with E-state index in [1.807, 2.05) is 12.3 Å². The molecule has 0 aromatic carbocycles. The molecule has 132 valence electrons. The fourth-order valence-corrected chi connectivity index (χ4v) is 3.52. The molecule has 7 heteroatoms. The third-order valence-electron chi connectivity index (χ3n) is 4.40. The summed E-state index contributed by atoms with van der Waals surface area (Å²) in [5, 5.41) is 5.54. The monoisotopic (exact) mass is 351 g/mol. The smallest absolute Gasteiger partial charge is 0.246 e. The number of carbonyl (C=O) groups is 2. The molecule has 0 bridgehead atoms. The topological polar surface area (TPSA) is 71.5 Å². The minimum atomic E-state index is -0.439. The van der Waals surface area contributed by atoms with Crippen LogP contribution in [0.2, 0.25) is 0 Å². The quantitative estimate of drug-likeness (QED) is 0.796. The zero-order valence-electron chi connectivity index (χ0n) is 14.5. The highest BCUT2D eigenvalue weighted by molar-refractivity contribution is 7.09. The zero-order valence-corrected chi connectivity index (χ0v) is 15.3. The lowest BCUT2D eigenvalue weighted by Crippen LogP contribution is -2.51. The van der Waals surface area contributed by atoms with Crippen LogP contribution in [-0.4, -0.2) is 54.5 Å². The number of methoxy groups -OCH3 is 1. The molecular formula is C17H25N3O3S. The molecule has 1 saturated heterocycles. The summed E-state index contributed by atoms with van der Waals surface area (Å²) in [4.78, 5) is 30.1. The van der Waals surface area contributed by atoms with Crippen LogP contribution < -0.4 is 5.32 Å². The maximum Gasteiger partial charge on any atom is 0.246 e. The number of carbonyl (C=O) groups excluding carboxylic acids is 2. The van der Waals surface area contributed by atoms with Gasteiger partial charge in [-0.1, -0.05) is 0 Å². The second-order valence-corrected chi connectivity index (χ2v) is 7.11. The van der Waals surface area contributed by atoms with Crippen LogP contribution in [0.25, 0.3) is 6.08 Å². The Labute approximate surface area is 146 Å². The molecule has 0 spiro atoms. The first-order valence-electron chi connectivity index (χ1n) is 8.13. The summed E-state index contributed by atoms with van der Waals surface area (Å²) < 4.78 is 5.71. The van der Waals surface area contributed by atoms with Crippen molar-refractivity contribution in [1.82, 2.24) is 15.2 Å². The molecule has 1 aliphatic heterocycles. The van der Waals surface area contributed by atoms with Gasteiger partial charge < -0.3 is 15.0 Å². The van der Waals surface area contributed by atoms with Gasteiger partial charge in [0, 0.05) is 45.1 Å². The number of nitrogens with one attached hydrogen (secondary N) is 1. The lowest BCUT2D eigenvalue weighted by molar-refractivity contribution is -0.136. The van der Waals surface area contributed by atoms with Gasteiger partial charge in [-0.05, 0) is 32.3 Å². The van der Waals surface area contributed by atoms with Crippen molar-refractivity contribution in [2.24, 2.45) is 0 Å². The summed E-state index contributed by atoms with van der Waals surface area (Å²) >= 11 is 1.56. The molecule has 6 nitrogen and oxygen atoms in total. The van der Waals surface area contributed by atoms with E-state index >= 15 is 0 Å². The molecule has 1 aromatic heterocycles. The maximum absolute atomic E-state index is 12.5. The highest BCUT2D eigenvalue weighted by Crippen LogP contribution is 2.29. The van der Waals surface area contributed by atoms with Crippen LogP contribution >= 0.6 is 11.3 Å². The molecule has 0 aliphatic carbocycles. The van der Waals surface area contributed by atoms with Crippen LogP contribution in [-0.2, 0) is 14.3 Å². The number of amides is 2. The molecule has 1 aromatic rings. The van der Waals surface area contributed by atoms with E-state index in [0.29, 0.717) is 25.9 Å². The van der Waals surface area contributed by atoms with Crippen molar-refractivity contribution in [1.29, 1.82) is 0 Å². The third-order valence-corrected chi connectivity index (χ3v) is 5.20. The van der Waals surface area contributed by atoms with Crippen molar-refractivity contribution >= 4 is 29.2 Å². The van der Waals surface area contributed by atoms with E-state index in [0.717, 1.165) is 23.5 Å². The number of nitrogens with zero attached hydrogens (tertiary/aromatic N) is 2. The van der Waals surface area contributed by atoms with E-state index in [9.17, 15) is 9.59 Å². The number of ether oxygens (including phenoxy) is 1. The molecule has 24 heavy (non-hydrogen) atoms. The fourth-order valence-electron chi connectivity index (χ4n) is 2.94. The van der Waals surface area contributed by atoms with E-state index in [4.69, 9.17) is 4.74 Å². The van der Waals surface area contributed by atoms with E-state index in [1.165, 1.54) is 0 Å². The summed E-state index contributed by atoms with van der Waals surface area (Å²) in [5.41, 5.74) is 0.367. The van der Waals surface area contributed by atoms with Crippen molar-refractivity contribution in [3.8, 4) is 0 Å². The second-order valence-electron chi connectivity index (χ2n) is 6.05. The predicted octanol–water partition coefficient (Wildman–Crippen LogP) is 2.00. The minimum Gasteiger partial charge on any atom is -0.376 e.